The van der Waals surface area contributed by atoms with Crippen LogP contribution in [-0.4, -0.2) is 49.6 Å². The highest BCUT2D eigenvalue weighted by Gasteiger charge is 2.28. The number of hydrogen-bond donors (Lipinski definition) is 3. The summed E-state index contributed by atoms with van der Waals surface area (Å²) in [5.41, 5.74) is 0. The van der Waals surface area contributed by atoms with Crippen LogP contribution in [0.1, 0.15) is 12.8 Å². The number of carboxylic acids is 1. The predicted octanol–water partition coefficient (Wildman–Crippen LogP) is -1.05. The van der Waals surface area contributed by atoms with Gasteiger partial charge in [-0.1, -0.05) is 0 Å². The van der Waals surface area contributed by atoms with Crippen molar-refractivity contribution in [2.45, 2.75) is 24.9 Å². The van der Waals surface area contributed by atoms with Gasteiger partial charge in [-0.15, -0.1) is 0 Å². The molecular weight excluding hydrogens is 236 g/mol. The molecule has 0 heterocycles. The Kier molecular flexibility index (Phi) is 3.74. The van der Waals surface area contributed by atoms with Crippen LogP contribution in [0.2, 0.25) is 0 Å². The summed E-state index contributed by atoms with van der Waals surface area (Å²) in [6.45, 7) is 0. The van der Waals surface area contributed by atoms with Crippen LogP contribution in [0.25, 0.3) is 0 Å². The maximum absolute atomic E-state index is 11.2. The van der Waals surface area contributed by atoms with Gasteiger partial charge in [0.2, 0.25) is 0 Å². The lowest BCUT2D eigenvalue weighted by Gasteiger charge is -2.13. The predicted molar refractivity (Wildman–Crippen MR) is 55.8 cm³/mol. The molecule has 92 valence electrons. The standard InChI is InChI=1S/C8H14N2O5S/c1-16(14,15)4-6(7(11)12)10-8(13)9-5-2-3-5/h5-6H,2-4H2,1H3,(H,11,12)(H2,9,10,13). The van der Waals surface area contributed by atoms with E-state index in [1.54, 1.807) is 0 Å². The van der Waals surface area contributed by atoms with Gasteiger partial charge in [0.05, 0.1) is 5.75 Å². The van der Waals surface area contributed by atoms with Gasteiger partial charge in [-0.25, -0.2) is 18.0 Å². The van der Waals surface area contributed by atoms with Crippen molar-refractivity contribution in [3.05, 3.63) is 0 Å². The fraction of sp³-hybridized carbons (Fsp3) is 0.750. The molecule has 1 rings (SSSR count). The van der Waals surface area contributed by atoms with Crippen molar-refractivity contribution in [1.29, 1.82) is 0 Å². The highest BCUT2D eigenvalue weighted by molar-refractivity contribution is 7.90. The lowest BCUT2D eigenvalue weighted by atomic mass is 10.3. The largest absolute Gasteiger partial charge is 0.480 e. The number of rotatable bonds is 5. The first-order chi connectivity index (χ1) is 7.28. The Labute approximate surface area is 93.1 Å². The lowest BCUT2D eigenvalue weighted by Crippen LogP contribution is -2.49. The smallest absolute Gasteiger partial charge is 0.327 e. The molecule has 1 atom stereocenters. The van der Waals surface area contributed by atoms with Crippen molar-refractivity contribution < 1.29 is 23.1 Å². The zero-order chi connectivity index (χ0) is 12.3. The van der Waals surface area contributed by atoms with Gasteiger partial charge in [0.25, 0.3) is 0 Å². The number of amides is 2. The first kappa shape index (κ1) is 12.8. The Morgan fingerprint density at radius 2 is 2.00 bits per heavy atom. The third-order valence-electron chi connectivity index (χ3n) is 1.99. The summed E-state index contributed by atoms with van der Waals surface area (Å²) in [7, 11) is -3.45. The van der Waals surface area contributed by atoms with Gasteiger partial charge in [-0.05, 0) is 12.8 Å². The van der Waals surface area contributed by atoms with Crippen molar-refractivity contribution in [3.63, 3.8) is 0 Å². The molecule has 0 radical (unpaired) electrons. The Bertz CT molecular complexity index is 387. The molecule has 0 aliphatic heterocycles. The summed E-state index contributed by atoms with van der Waals surface area (Å²) in [6, 6.07) is -1.96. The number of carbonyl (C=O) groups is 2. The van der Waals surface area contributed by atoms with E-state index in [0.717, 1.165) is 19.1 Å². The van der Waals surface area contributed by atoms with Crippen LogP contribution in [0.5, 0.6) is 0 Å². The fourth-order valence-electron chi connectivity index (χ4n) is 1.09. The molecule has 16 heavy (non-hydrogen) atoms. The third-order valence-corrected chi connectivity index (χ3v) is 2.92. The van der Waals surface area contributed by atoms with Crippen molar-refractivity contribution in [2.75, 3.05) is 12.0 Å². The van der Waals surface area contributed by atoms with Crippen molar-refractivity contribution in [3.8, 4) is 0 Å². The Morgan fingerprint density at radius 1 is 1.44 bits per heavy atom. The van der Waals surface area contributed by atoms with Crippen LogP contribution in [-0.2, 0) is 14.6 Å². The molecule has 7 nitrogen and oxygen atoms in total. The minimum atomic E-state index is -3.45. The number of carbonyl (C=O) groups excluding carboxylic acids is 1. The van der Waals surface area contributed by atoms with Crippen molar-refractivity contribution >= 4 is 21.8 Å². The van der Waals surface area contributed by atoms with E-state index in [1.165, 1.54) is 0 Å². The molecular formula is C8H14N2O5S. The molecule has 2 amide bonds. The molecule has 3 N–H and O–H groups in total. The second kappa shape index (κ2) is 4.69. The van der Waals surface area contributed by atoms with E-state index in [2.05, 4.69) is 10.6 Å². The minimum absolute atomic E-state index is 0.0904. The Hall–Kier alpha value is -1.31. The van der Waals surface area contributed by atoms with Crippen molar-refractivity contribution in [1.82, 2.24) is 10.6 Å². The molecule has 1 aliphatic carbocycles. The Morgan fingerprint density at radius 3 is 2.38 bits per heavy atom. The van der Waals surface area contributed by atoms with Gasteiger partial charge >= 0.3 is 12.0 Å². The van der Waals surface area contributed by atoms with E-state index in [0.29, 0.717) is 0 Å². The minimum Gasteiger partial charge on any atom is -0.480 e. The Balaban J connectivity index is 2.49. The summed E-state index contributed by atoms with van der Waals surface area (Å²) in [5.74, 6) is -1.98. The van der Waals surface area contributed by atoms with Crippen LogP contribution < -0.4 is 10.6 Å². The highest BCUT2D eigenvalue weighted by atomic mass is 32.2. The average Bonchev–Trinajstić information content (AvgIpc) is 2.84. The van der Waals surface area contributed by atoms with Gasteiger partial charge in [0.15, 0.2) is 0 Å². The number of urea groups is 1. The normalized spacial score (nSPS) is 17.6. The zero-order valence-corrected chi connectivity index (χ0v) is 9.58. The van der Waals surface area contributed by atoms with E-state index >= 15 is 0 Å². The molecule has 0 aromatic heterocycles. The molecule has 0 aromatic rings. The van der Waals surface area contributed by atoms with Gasteiger partial charge in [0, 0.05) is 12.3 Å². The second-order valence-corrected chi connectivity index (χ2v) is 6.06. The first-order valence-electron chi connectivity index (χ1n) is 4.75. The van der Waals surface area contributed by atoms with Crippen molar-refractivity contribution in [2.24, 2.45) is 0 Å². The van der Waals surface area contributed by atoms with E-state index in [9.17, 15) is 18.0 Å². The highest BCUT2D eigenvalue weighted by Crippen LogP contribution is 2.18. The summed E-state index contributed by atoms with van der Waals surface area (Å²) < 4.78 is 21.9. The van der Waals surface area contributed by atoms with Gasteiger partial charge < -0.3 is 15.7 Å². The van der Waals surface area contributed by atoms with Crippen LogP contribution in [0.15, 0.2) is 0 Å². The van der Waals surface area contributed by atoms with Crippen LogP contribution in [0.3, 0.4) is 0 Å². The molecule has 0 aromatic carbocycles. The zero-order valence-electron chi connectivity index (χ0n) is 8.76. The molecule has 0 saturated heterocycles. The fourth-order valence-corrected chi connectivity index (χ4v) is 1.92. The molecule has 1 unspecified atom stereocenters. The first-order valence-corrected chi connectivity index (χ1v) is 6.81. The van der Waals surface area contributed by atoms with Gasteiger partial charge in [0.1, 0.15) is 15.9 Å². The third kappa shape index (κ3) is 4.96. The number of sulfone groups is 1. The van der Waals surface area contributed by atoms with Gasteiger partial charge in [-0.2, -0.15) is 0 Å². The van der Waals surface area contributed by atoms with E-state index in [1.807, 2.05) is 0 Å². The SMILES string of the molecule is CS(=O)(=O)CC(NC(=O)NC1CC1)C(=O)O. The molecule has 0 spiro atoms. The van der Waals surface area contributed by atoms with Crippen LogP contribution in [0.4, 0.5) is 4.79 Å². The van der Waals surface area contributed by atoms with Crippen LogP contribution >= 0.6 is 0 Å². The maximum Gasteiger partial charge on any atom is 0.327 e. The van der Waals surface area contributed by atoms with E-state index in [-0.39, 0.29) is 6.04 Å². The van der Waals surface area contributed by atoms with Gasteiger partial charge in [-0.3, -0.25) is 0 Å². The monoisotopic (exact) mass is 250 g/mol. The summed E-state index contributed by atoms with van der Waals surface area (Å²) >= 11 is 0. The van der Waals surface area contributed by atoms with Crippen LogP contribution in [0, 0.1) is 0 Å². The number of nitrogens with one attached hydrogen (secondary N) is 2. The topological polar surface area (TPSA) is 113 Å². The number of aliphatic carboxylic acids is 1. The number of carboxylic acid groups (broad SMARTS) is 1. The molecule has 0 bridgehead atoms. The quantitative estimate of drug-likeness (QED) is 0.576. The summed E-state index contributed by atoms with van der Waals surface area (Å²) in [6.07, 6.45) is 2.66. The molecule has 8 heteroatoms. The molecule has 1 fully saturated rings. The summed E-state index contributed by atoms with van der Waals surface area (Å²) in [5, 5.41) is 13.4. The molecule has 1 aliphatic rings. The number of hydrogen-bond acceptors (Lipinski definition) is 4. The van der Waals surface area contributed by atoms with E-state index < -0.39 is 33.6 Å². The second-order valence-electron chi connectivity index (χ2n) is 3.88. The summed E-state index contributed by atoms with van der Waals surface area (Å²) in [4.78, 5) is 21.9. The average molecular weight is 250 g/mol. The lowest BCUT2D eigenvalue weighted by molar-refractivity contribution is -0.138. The maximum atomic E-state index is 11.2. The van der Waals surface area contributed by atoms with E-state index in [4.69, 9.17) is 5.11 Å². The molecule has 1 saturated carbocycles.